The Morgan fingerprint density at radius 2 is 0.800 bits per heavy atom. The molecule has 4 heteroatoms. The number of hydrogen-bond acceptors (Lipinski definition) is 2. The Morgan fingerprint density at radius 3 is 1.07 bits per heavy atom. The molecule has 8 fully saturated rings. The van der Waals surface area contributed by atoms with E-state index in [1.165, 1.54) is 38.5 Å². The van der Waals surface area contributed by atoms with Gasteiger partial charge in [0.05, 0.1) is 0 Å². The van der Waals surface area contributed by atoms with Gasteiger partial charge in [0.15, 0.2) is 0 Å². The lowest BCUT2D eigenvalue weighted by molar-refractivity contribution is -0.146. The van der Waals surface area contributed by atoms with Crippen LogP contribution in [0.15, 0.2) is 0 Å². The first-order valence-corrected chi connectivity index (χ1v) is 13.1. The minimum Gasteiger partial charge on any atom is -0.356 e. The molecule has 2 N–H and O–H groups in total. The average molecular weight is 413 g/mol. The predicted octanol–water partition coefficient (Wildman–Crippen LogP) is 4.43. The maximum absolute atomic E-state index is 13.0. The first kappa shape index (κ1) is 19.6. The van der Waals surface area contributed by atoms with Crippen LogP contribution in [0.2, 0.25) is 0 Å². The highest BCUT2D eigenvalue weighted by Gasteiger charge is 2.55. The van der Waals surface area contributed by atoms with Gasteiger partial charge >= 0.3 is 0 Å². The van der Waals surface area contributed by atoms with Crippen LogP contribution in [0.5, 0.6) is 0 Å². The van der Waals surface area contributed by atoms with Crippen LogP contribution < -0.4 is 10.6 Å². The molecule has 0 aliphatic heterocycles. The number of unbranched alkanes of at least 4 members (excludes halogenated alkanes) is 1. The Morgan fingerprint density at radius 1 is 0.533 bits per heavy atom. The van der Waals surface area contributed by atoms with Gasteiger partial charge < -0.3 is 10.6 Å². The summed E-state index contributed by atoms with van der Waals surface area (Å²) in [6, 6.07) is 0. The van der Waals surface area contributed by atoms with Crippen molar-refractivity contribution in [3.8, 4) is 0 Å². The second kappa shape index (κ2) is 7.24. The summed E-state index contributed by atoms with van der Waals surface area (Å²) < 4.78 is 0. The number of rotatable bonds is 7. The molecular weight excluding hydrogens is 372 g/mol. The third kappa shape index (κ3) is 3.32. The molecule has 0 saturated heterocycles. The number of carbonyl (C=O) groups excluding carboxylic acids is 2. The summed E-state index contributed by atoms with van der Waals surface area (Å²) in [5, 5.41) is 6.57. The van der Waals surface area contributed by atoms with Crippen molar-refractivity contribution in [1.29, 1.82) is 0 Å². The van der Waals surface area contributed by atoms with E-state index in [1.807, 2.05) is 0 Å². The van der Waals surface area contributed by atoms with E-state index in [1.54, 1.807) is 0 Å². The third-order valence-electron chi connectivity index (χ3n) is 10.2. The van der Waals surface area contributed by atoms with E-state index >= 15 is 0 Å². The highest BCUT2D eigenvalue weighted by atomic mass is 16.2. The van der Waals surface area contributed by atoms with Crippen molar-refractivity contribution in [2.75, 3.05) is 13.1 Å². The second-order valence-corrected chi connectivity index (χ2v) is 12.6. The fraction of sp³-hybridized carbons (Fsp3) is 0.923. The molecule has 2 amide bonds. The Bertz CT molecular complexity index is 583. The molecule has 30 heavy (non-hydrogen) atoms. The van der Waals surface area contributed by atoms with E-state index in [-0.39, 0.29) is 10.8 Å². The van der Waals surface area contributed by atoms with Gasteiger partial charge in [0.1, 0.15) is 0 Å². The van der Waals surface area contributed by atoms with Crippen LogP contribution >= 0.6 is 0 Å². The summed E-state index contributed by atoms with van der Waals surface area (Å²) in [6.07, 6.45) is 17.1. The lowest BCUT2D eigenvalue weighted by Gasteiger charge is -2.55. The van der Waals surface area contributed by atoms with Crippen LogP contribution in [0.25, 0.3) is 0 Å². The van der Waals surface area contributed by atoms with Crippen molar-refractivity contribution < 1.29 is 9.59 Å². The van der Waals surface area contributed by atoms with Crippen molar-refractivity contribution >= 4 is 11.8 Å². The molecule has 4 nitrogen and oxygen atoms in total. The van der Waals surface area contributed by atoms with Gasteiger partial charge in [-0.3, -0.25) is 9.59 Å². The lowest BCUT2D eigenvalue weighted by Crippen LogP contribution is -2.54. The van der Waals surface area contributed by atoms with Gasteiger partial charge in [-0.15, -0.1) is 0 Å². The molecule has 0 aromatic heterocycles. The van der Waals surface area contributed by atoms with Crippen LogP contribution in [-0.2, 0) is 9.59 Å². The van der Waals surface area contributed by atoms with Crippen molar-refractivity contribution in [3.05, 3.63) is 0 Å². The molecule has 0 heterocycles. The first-order valence-electron chi connectivity index (χ1n) is 13.1. The summed E-state index contributed by atoms with van der Waals surface area (Å²) in [4.78, 5) is 26.0. The van der Waals surface area contributed by atoms with E-state index in [0.717, 1.165) is 100.0 Å². The Labute approximate surface area is 181 Å². The average Bonchev–Trinajstić information content (AvgIpc) is 2.68. The zero-order valence-electron chi connectivity index (χ0n) is 18.6. The molecule has 8 aliphatic carbocycles. The molecule has 8 bridgehead atoms. The molecule has 0 atom stereocenters. The second-order valence-electron chi connectivity index (χ2n) is 12.6. The highest BCUT2D eigenvalue weighted by molar-refractivity contribution is 5.83. The Hall–Kier alpha value is -1.06. The predicted molar refractivity (Wildman–Crippen MR) is 116 cm³/mol. The summed E-state index contributed by atoms with van der Waals surface area (Å²) in [7, 11) is 0. The molecule has 0 radical (unpaired) electrons. The van der Waals surface area contributed by atoms with E-state index in [9.17, 15) is 9.59 Å². The van der Waals surface area contributed by atoms with Gasteiger partial charge in [0.25, 0.3) is 0 Å². The zero-order chi connectivity index (χ0) is 20.3. The lowest BCUT2D eigenvalue weighted by atomic mass is 9.49. The Kier molecular flexibility index (Phi) is 4.73. The van der Waals surface area contributed by atoms with Gasteiger partial charge in [-0.25, -0.2) is 0 Å². The largest absolute Gasteiger partial charge is 0.356 e. The summed E-state index contributed by atoms with van der Waals surface area (Å²) in [5.74, 6) is 5.62. The fourth-order valence-electron chi connectivity index (χ4n) is 9.81. The highest BCUT2D eigenvalue weighted by Crippen LogP contribution is 2.61. The number of carbonyl (C=O) groups is 2. The third-order valence-corrected chi connectivity index (χ3v) is 10.2. The smallest absolute Gasteiger partial charge is 0.226 e. The van der Waals surface area contributed by atoms with Gasteiger partial charge in [-0.1, -0.05) is 0 Å². The minimum absolute atomic E-state index is 0.0263. The number of amides is 2. The molecule has 0 aromatic rings. The van der Waals surface area contributed by atoms with Gasteiger partial charge in [0.2, 0.25) is 11.8 Å². The maximum Gasteiger partial charge on any atom is 0.226 e. The first-order chi connectivity index (χ1) is 14.5. The summed E-state index contributed by atoms with van der Waals surface area (Å²) in [5.41, 5.74) is -0.0526. The quantitative estimate of drug-likeness (QED) is 0.608. The molecule has 0 aromatic carbocycles. The monoisotopic (exact) mass is 412 g/mol. The van der Waals surface area contributed by atoms with E-state index in [0.29, 0.717) is 11.8 Å². The molecule has 8 rings (SSSR count). The maximum atomic E-state index is 13.0. The van der Waals surface area contributed by atoms with Crippen LogP contribution in [0.1, 0.15) is 89.9 Å². The van der Waals surface area contributed by atoms with Crippen LogP contribution in [0.4, 0.5) is 0 Å². The standard InChI is InChI=1S/C26H40N2O2/c29-23(25-11-17-5-18(12-25)7-19(6-17)13-25)27-3-1-2-4-28-24(30)26-14-20-8-21(15-26)10-22(9-20)16-26/h17-22H,1-16H2,(H,27,29)(H,28,30). The topological polar surface area (TPSA) is 58.2 Å². The van der Waals surface area contributed by atoms with Crippen molar-refractivity contribution in [2.24, 2.45) is 46.3 Å². The van der Waals surface area contributed by atoms with Crippen molar-refractivity contribution in [3.63, 3.8) is 0 Å². The van der Waals surface area contributed by atoms with Crippen molar-refractivity contribution in [2.45, 2.75) is 89.9 Å². The van der Waals surface area contributed by atoms with E-state index in [2.05, 4.69) is 10.6 Å². The molecule has 8 saturated carbocycles. The molecular formula is C26H40N2O2. The van der Waals surface area contributed by atoms with Gasteiger partial charge in [0, 0.05) is 23.9 Å². The number of nitrogens with one attached hydrogen (secondary N) is 2. The van der Waals surface area contributed by atoms with Gasteiger partial charge in [-0.05, 0) is 125 Å². The number of hydrogen-bond donors (Lipinski definition) is 2. The van der Waals surface area contributed by atoms with Crippen molar-refractivity contribution in [1.82, 2.24) is 10.6 Å². The fourth-order valence-corrected chi connectivity index (χ4v) is 9.81. The summed E-state index contributed by atoms with van der Waals surface area (Å²) >= 11 is 0. The van der Waals surface area contributed by atoms with Crippen LogP contribution in [0.3, 0.4) is 0 Å². The minimum atomic E-state index is -0.0263. The molecule has 0 unspecified atom stereocenters. The summed E-state index contributed by atoms with van der Waals surface area (Å²) in [6.45, 7) is 1.54. The van der Waals surface area contributed by atoms with Gasteiger partial charge in [-0.2, -0.15) is 0 Å². The molecule has 0 spiro atoms. The molecule has 166 valence electrons. The van der Waals surface area contributed by atoms with Crippen LogP contribution in [-0.4, -0.2) is 24.9 Å². The molecule has 8 aliphatic rings. The normalized spacial score (nSPS) is 47.5. The van der Waals surface area contributed by atoms with E-state index in [4.69, 9.17) is 0 Å². The zero-order valence-corrected chi connectivity index (χ0v) is 18.6. The SMILES string of the molecule is O=C(NCCCCNC(=O)C12CC3CC(CC(C3)C1)C2)C12CC3CC(CC(C3)C1)C2. The van der Waals surface area contributed by atoms with Crippen LogP contribution in [0, 0.1) is 46.3 Å². The Balaban J connectivity index is 0.928. The van der Waals surface area contributed by atoms with E-state index < -0.39 is 0 Å².